The molecule has 0 aliphatic heterocycles. The van der Waals surface area contributed by atoms with Crippen molar-refractivity contribution in [1.29, 1.82) is 0 Å². The summed E-state index contributed by atoms with van der Waals surface area (Å²) >= 11 is 0. The van der Waals surface area contributed by atoms with Crippen LogP contribution in [0, 0.1) is 0 Å². The van der Waals surface area contributed by atoms with Gasteiger partial charge in [-0.2, -0.15) is 0 Å². The van der Waals surface area contributed by atoms with Gasteiger partial charge in [0.05, 0.1) is 0 Å². The molecule has 1 unspecified atom stereocenters. The van der Waals surface area contributed by atoms with Crippen molar-refractivity contribution in [3.05, 3.63) is 134 Å². The predicted octanol–water partition coefficient (Wildman–Crippen LogP) is 18.6. The summed E-state index contributed by atoms with van der Waals surface area (Å²) in [6, 6.07) is 0. The van der Waals surface area contributed by atoms with Gasteiger partial charge in [-0.3, -0.25) is 14.4 Å². The molecule has 0 saturated carbocycles. The van der Waals surface area contributed by atoms with Gasteiger partial charge >= 0.3 is 17.9 Å². The SMILES string of the molecule is CC/C=C\C/C=C\C/C=C\C/C=C\C/C=C\C/C=C\C/C=C\CCCCCC(=O)OCC(COC(=O)CCCCCCC/C=C\C/C=C\CCC)OC(=O)CCCCCCC/C=C\C/C=C\CCC. The van der Waals surface area contributed by atoms with Crippen molar-refractivity contribution in [2.45, 2.75) is 232 Å². The first-order valence-corrected chi connectivity index (χ1v) is 27.7. The fraction of sp³-hybridized carbons (Fsp3) is 0.603. The van der Waals surface area contributed by atoms with E-state index in [9.17, 15) is 14.4 Å². The molecule has 0 heterocycles. The molecule has 0 aromatic rings. The number of unbranched alkanes of at least 4 members (excludes halogenated alkanes) is 15. The third-order valence-corrected chi connectivity index (χ3v) is 11.1. The molecule has 0 spiro atoms. The van der Waals surface area contributed by atoms with Crippen LogP contribution in [0.4, 0.5) is 0 Å². The van der Waals surface area contributed by atoms with E-state index in [0.29, 0.717) is 19.3 Å². The minimum absolute atomic E-state index is 0.107. The molecular formula is C63H100O6. The molecule has 0 amide bonds. The topological polar surface area (TPSA) is 78.9 Å². The fourth-order valence-corrected chi connectivity index (χ4v) is 6.97. The summed E-state index contributed by atoms with van der Waals surface area (Å²) in [7, 11) is 0. The van der Waals surface area contributed by atoms with Gasteiger partial charge in [-0.1, -0.05) is 212 Å². The molecule has 6 nitrogen and oxygen atoms in total. The highest BCUT2D eigenvalue weighted by Crippen LogP contribution is 2.13. The molecule has 1 atom stereocenters. The minimum Gasteiger partial charge on any atom is -0.462 e. The van der Waals surface area contributed by atoms with Gasteiger partial charge in [0.25, 0.3) is 0 Å². The zero-order valence-corrected chi connectivity index (χ0v) is 44.3. The van der Waals surface area contributed by atoms with E-state index < -0.39 is 6.10 Å². The van der Waals surface area contributed by atoms with Gasteiger partial charge in [0.1, 0.15) is 13.2 Å². The third kappa shape index (κ3) is 54.4. The highest BCUT2D eigenvalue weighted by molar-refractivity contribution is 5.71. The number of hydrogen-bond donors (Lipinski definition) is 0. The highest BCUT2D eigenvalue weighted by atomic mass is 16.6. The summed E-state index contributed by atoms with van der Waals surface area (Å²) in [6.07, 6.45) is 78.7. The van der Waals surface area contributed by atoms with Gasteiger partial charge in [-0.25, -0.2) is 0 Å². The molecule has 0 aliphatic carbocycles. The summed E-state index contributed by atoms with van der Waals surface area (Å²) in [6.45, 7) is 6.32. The molecule has 69 heavy (non-hydrogen) atoms. The van der Waals surface area contributed by atoms with E-state index in [0.717, 1.165) is 173 Å². The Morgan fingerprint density at radius 1 is 0.304 bits per heavy atom. The molecule has 0 aliphatic rings. The van der Waals surface area contributed by atoms with Gasteiger partial charge in [0, 0.05) is 19.3 Å². The molecule has 0 radical (unpaired) electrons. The Balaban J connectivity index is 4.44. The Morgan fingerprint density at radius 2 is 0.565 bits per heavy atom. The van der Waals surface area contributed by atoms with Crippen molar-refractivity contribution >= 4 is 17.9 Å². The van der Waals surface area contributed by atoms with Crippen LogP contribution in [0.5, 0.6) is 0 Å². The number of esters is 3. The van der Waals surface area contributed by atoms with Crippen LogP contribution < -0.4 is 0 Å². The smallest absolute Gasteiger partial charge is 0.306 e. The van der Waals surface area contributed by atoms with Gasteiger partial charge in [-0.15, -0.1) is 0 Å². The van der Waals surface area contributed by atoms with Crippen LogP contribution in [0.2, 0.25) is 0 Å². The number of allylic oxidation sites excluding steroid dienone is 22. The molecule has 0 fully saturated rings. The number of carbonyl (C=O) groups is 3. The summed E-state index contributed by atoms with van der Waals surface area (Å²) in [4.78, 5) is 38.0. The molecule has 0 aromatic heterocycles. The predicted molar refractivity (Wildman–Crippen MR) is 297 cm³/mol. The van der Waals surface area contributed by atoms with Crippen LogP contribution in [0.15, 0.2) is 134 Å². The van der Waals surface area contributed by atoms with E-state index in [2.05, 4.69) is 154 Å². The van der Waals surface area contributed by atoms with Crippen LogP contribution in [0.25, 0.3) is 0 Å². The zero-order chi connectivity index (χ0) is 50.0. The van der Waals surface area contributed by atoms with Gasteiger partial charge in [0.15, 0.2) is 6.10 Å². The van der Waals surface area contributed by atoms with Crippen molar-refractivity contribution in [2.24, 2.45) is 0 Å². The van der Waals surface area contributed by atoms with Crippen LogP contribution in [0.1, 0.15) is 226 Å². The second-order valence-corrected chi connectivity index (χ2v) is 17.7. The lowest BCUT2D eigenvalue weighted by molar-refractivity contribution is -0.167. The molecule has 0 bridgehead atoms. The zero-order valence-electron chi connectivity index (χ0n) is 44.3. The minimum atomic E-state index is -0.810. The van der Waals surface area contributed by atoms with Gasteiger partial charge in [-0.05, 0) is 128 Å². The summed E-state index contributed by atoms with van der Waals surface area (Å²) in [5.74, 6) is -0.976. The molecule has 0 rings (SSSR count). The first-order valence-electron chi connectivity index (χ1n) is 27.7. The third-order valence-electron chi connectivity index (χ3n) is 11.1. The Kier molecular flexibility index (Phi) is 52.5. The van der Waals surface area contributed by atoms with E-state index in [1.807, 2.05) is 0 Å². The lowest BCUT2D eigenvalue weighted by Gasteiger charge is -2.18. The van der Waals surface area contributed by atoms with Crippen LogP contribution >= 0.6 is 0 Å². The summed E-state index contributed by atoms with van der Waals surface area (Å²) in [5.41, 5.74) is 0. The van der Waals surface area contributed by atoms with E-state index in [-0.39, 0.29) is 31.1 Å². The highest BCUT2D eigenvalue weighted by Gasteiger charge is 2.19. The number of carbonyl (C=O) groups excluding carboxylic acids is 3. The van der Waals surface area contributed by atoms with Crippen molar-refractivity contribution in [3.63, 3.8) is 0 Å². The molecule has 0 saturated heterocycles. The Labute approximate surface area is 424 Å². The van der Waals surface area contributed by atoms with Crippen LogP contribution in [0.3, 0.4) is 0 Å². The van der Waals surface area contributed by atoms with Crippen molar-refractivity contribution in [1.82, 2.24) is 0 Å². The molecule has 0 aromatic carbocycles. The van der Waals surface area contributed by atoms with Crippen LogP contribution in [-0.2, 0) is 28.6 Å². The standard InChI is InChI=1S/C63H100O6/c1-4-7-10-13-16-19-22-25-26-27-28-29-30-31-32-33-34-35-36-39-41-44-47-50-53-56-62(65)68-59-60(69-63(66)57-54-51-48-45-42-38-24-21-18-15-12-9-6-3)58-67-61(64)55-52-49-46-43-40-37-23-20-17-14-11-8-5-2/h7,10-12,14-16,19-21,23-26,28-29,31-32,34-35,39,41,60H,4-6,8-9,13,17-18,22,27,30,33,36-38,40,42-59H2,1-3H3/b10-7-,14-11-,15-12-,19-16-,23-20-,24-21-,26-25-,29-28-,32-31-,35-34-,41-39-. The van der Waals surface area contributed by atoms with Gasteiger partial charge in [0.2, 0.25) is 0 Å². The van der Waals surface area contributed by atoms with E-state index in [1.54, 1.807) is 0 Å². The Morgan fingerprint density at radius 3 is 0.899 bits per heavy atom. The second-order valence-electron chi connectivity index (χ2n) is 17.7. The fourth-order valence-electron chi connectivity index (χ4n) is 6.97. The average Bonchev–Trinajstić information content (AvgIpc) is 3.35. The molecule has 388 valence electrons. The maximum Gasteiger partial charge on any atom is 0.306 e. The number of ether oxygens (including phenoxy) is 3. The van der Waals surface area contributed by atoms with Crippen LogP contribution in [-0.4, -0.2) is 37.2 Å². The quantitative estimate of drug-likeness (QED) is 0.0262. The Hall–Kier alpha value is -4.45. The number of hydrogen-bond acceptors (Lipinski definition) is 6. The van der Waals surface area contributed by atoms with Crippen molar-refractivity contribution in [2.75, 3.05) is 13.2 Å². The first-order chi connectivity index (χ1) is 34.0. The first kappa shape index (κ1) is 64.5. The largest absolute Gasteiger partial charge is 0.462 e. The molecule has 0 N–H and O–H groups in total. The van der Waals surface area contributed by atoms with Crippen molar-refractivity contribution in [3.8, 4) is 0 Å². The van der Waals surface area contributed by atoms with Gasteiger partial charge < -0.3 is 14.2 Å². The normalized spacial score (nSPS) is 13.1. The second kappa shape index (κ2) is 56.1. The van der Waals surface area contributed by atoms with E-state index >= 15 is 0 Å². The summed E-state index contributed by atoms with van der Waals surface area (Å²) in [5, 5.41) is 0. The average molecular weight is 953 g/mol. The summed E-state index contributed by atoms with van der Waals surface area (Å²) < 4.78 is 16.8. The molecule has 6 heteroatoms. The number of rotatable bonds is 48. The lowest BCUT2D eigenvalue weighted by atomic mass is 10.1. The molecular weight excluding hydrogens is 853 g/mol. The maximum absolute atomic E-state index is 12.8. The van der Waals surface area contributed by atoms with E-state index in [4.69, 9.17) is 14.2 Å². The maximum atomic E-state index is 12.8. The van der Waals surface area contributed by atoms with Crippen molar-refractivity contribution < 1.29 is 28.6 Å². The lowest BCUT2D eigenvalue weighted by Crippen LogP contribution is -2.30. The van der Waals surface area contributed by atoms with E-state index in [1.165, 1.54) is 12.8 Å². The Bertz CT molecular complexity index is 1510. The monoisotopic (exact) mass is 953 g/mol.